The maximum Gasteiger partial charge on any atom is 0.282 e. The standard InChI is InChI=1S/C26H23ClN2O4/c1-4-33-18-10-7-9-17(15-18)28-24-23(19-11-5-6-14-22(19)32-3)25(30)29(26(24)31)21-13-8-12-20(27)16(21)2/h5-15,28H,4H2,1-3H3. The summed E-state index contributed by atoms with van der Waals surface area (Å²) in [5, 5.41) is 3.62. The van der Waals surface area contributed by atoms with Crippen molar-refractivity contribution >= 4 is 40.4 Å². The fraction of sp³-hybridized carbons (Fsp3) is 0.154. The highest BCUT2D eigenvalue weighted by atomic mass is 35.5. The first-order valence-corrected chi connectivity index (χ1v) is 10.9. The molecular weight excluding hydrogens is 440 g/mol. The van der Waals surface area contributed by atoms with Crippen LogP contribution in [0.1, 0.15) is 18.1 Å². The number of methoxy groups -OCH3 is 1. The van der Waals surface area contributed by atoms with Gasteiger partial charge in [0.15, 0.2) is 0 Å². The molecule has 0 aromatic heterocycles. The molecule has 0 saturated carbocycles. The van der Waals surface area contributed by atoms with Gasteiger partial charge < -0.3 is 14.8 Å². The van der Waals surface area contributed by atoms with Gasteiger partial charge in [-0.1, -0.05) is 41.9 Å². The summed E-state index contributed by atoms with van der Waals surface area (Å²) >= 11 is 6.29. The van der Waals surface area contributed by atoms with Gasteiger partial charge in [0.05, 0.1) is 25.0 Å². The molecule has 168 valence electrons. The van der Waals surface area contributed by atoms with E-state index in [2.05, 4.69) is 5.32 Å². The molecule has 1 aliphatic heterocycles. The van der Waals surface area contributed by atoms with Crippen molar-refractivity contribution in [1.82, 2.24) is 0 Å². The minimum Gasteiger partial charge on any atom is -0.496 e. The molecule has 0 fully saturated rings. The zero-order valence-electron chi connectivity index (χ0n) is 18.5. The van der Waals surface area contributed by atoms with Gasteiger partial charge in [-0.25, -0.2) is 4.90 Å². The number of benzene rings is 3. The minimum absolute atomic E-state index is 0.150. The summed E-state index contributed by atoms with van der Waals surface area (Å²) in [6.45, 7) is 4.18. The van der Waals surface area contributed by atoms with Crippen LogP contribution in [0.25, 0.3) is 5.57 Å². The molecule has 3 aromatic carbocycles. The van der Waals surface area contributed by atoms with Crippen LogP contribution >= 0.6 is 11.6 Å². The van der Waals surface area contributed by atoms with Crippen LogP contribution in [0.2, 0.25) is 5.02 Å². The summed E-state index contributed by atoms with van der Waals surface area (Å²) in [6, 6.07) is 19.5. The predicted octanol–water partition coefficient (Wildman–Crippen LogP) is 5.45. The molecular formula is C26H23ClN2O4. The SMILES string of the molecule is CCOc1cccc(NC2=C(c3ccccc3OC)C(=O)N(c3cccc(Cl)c3C)C2=O)c1. The number of carbonyl (C=O) groups is 2. The van der Waals surface area contributed by atoms with E-state index in [-0.39, 0.29) is 11.3 Å². The molecule has 7 heteroatoms. The van der Waals surface area contributed by atoms with Crippen LogP contribution in [0, 0.1) is 6.92 Å². The third-order valence-electron chi connectivity index (χ3n) is 5.35. The Morgan fingerprint density at radius 1 is 0.970 bits per heavy atom. The van der Waals surface area contributed by atoms with Gasteiger partial charge in [-0.05, 0) is 49.7 Å². The highest BCUT2D eigenvalue weighted by Crippen LogP contribution is 2.39. The number of amides is 2. The summed E-state index contributed by atoms with van der Waals surface area (Å²) < 4.78 is 11.1. The number of rotatable bonds is 7. The molecule has 4 rings (SSSR count). The number of ether oxygens (including phenoxy) is 2. The molecule has 0 atom stereocenters. The summed E-state index contributed by atoms with van der Waals surface area (Å²) in [7, 11) is 1.53. The van der Waals surface area contributed by atoms with E-state index in [4.69, 9.17) is 21.1 Å². The zero-order valence-corrected chi connectivity index (χ0v) is 19.3. The van der Waals surface area contributed by atoms with E-state index in [0.29, 0.717) is 45.6 Å². The van der Waals surface area contributed by atoms with Crippen molar-refractivity contribution < 1.29 is 19.1 Å². The number of nitrogens with one attached hydrogen (secondary N) is 1. The molecule has 0 saturated heterocycles. The third kappa shape index (κ3) is 4.17. The molecule has 6 nitrogen and oxygen atoms in total. The smallest absolute Gasteiger partial charge is 0.282 e. The lowest BCUT2D eigenvalue weighted by atomic mass is 10.0. The number of nitrogens with zero attached hydrogens (tertiary/aromatic N) is 1. The fourth-order valence-electron chi connectivity index (χ4n) is 3.78. The lowest BCUT2D eigenvalue weighted by Gasteiger charge is -2.18. The van der Waals surface area contributed by atoms with Gasteiger partial charge in [0.1, 0.15) is 17.2 Å². The normalized spacial score (nSPS) is 13.5. The Hall–Kier alpha value is -3.77. The summed E-state index contributed by atoms with van der Waals surface area (Å²) in [6.07, 6.45) is 0. The quantitative estimate of drug-likeness (QED) is 0.473. The first-order valence-electron chi connectivity index (χ1n) is 10.5. The van der Waals surface area contributed by atoms with Crippen LogP contribution in [0.15, 0.2) is 72.4 Å². The fourth-order valence-corrected chi connectivity index (χ4v) is 3.95. The van der Waals surface area contributed by atoms with Gasteiger partial charge in [0.25, 0.3) is 11.8 Å². The first-order chi connectivity index (χ1) is 16.0. The van der Waals surface area contributed by atoms with Gasteiger partial charge in [0.2, 0.25) is 0 Å². The Bertz CT molecular complexity index is 1270. The molecule has 2 amide bonds. The number of carbonyl (C=O) groups excluding carboxylic acids is 2. The van der Waals surface area contributed by atoms with E-state index in [1.54, 1.807) is 55.5 Å². The second kappa shape index (κ2) is 9.38. The van der Waals surface area contributed by atoms with Crippen molar-refractivity contribution in [3.05, 3.63) is 88.6 Å². The Balaban J connectivity index is 1.86. The summed E-state index contributed by atoms with van der Waals surface area (Å²) in [4.78, 5) is 28.5. The molecule has 1 N–H and O–H groups in total. The van der Waals surface area contributed by atoms with Gasteiger partial charge in [0, 0.05) is 22.3 Å². The number of para-hydroxylation sites is 1. The Kier molecular flexibility index (Phi) is 6.38. The van der Waals surface area contributed by atoms with Crippen LogP contribution in [-0.2, 0) is 9.59 Å². The number of halogens is 1. The number of hydrogen-bond donors (Lipinski definition) is 1. The van der Waals surface area contributed by atoms with E-state index in [0.717, 1.165) is 4.90 Å². The first kappa shape index (κ1) is 22.4. The second-order valence-electron chi connectivity index (χ2n) is 7.37. The van der Waals surface area contributed by atoms with E-state index >= 15 is 0 Å². The molecule has 0 unspecified atom stereocenters. The van der Waals surface area contributed by atoms with Gasteiger partial charge >= 0.3 is 0 Å². The average molecular weight is 463 g/mol. The number of anilines is 2. The minimum atomic E-state index is -0.479. The lowest BCUT2D eigenvalue weighted by molar-refractivity contribution is -0.120. The van der Waals surface area contributed by atoms with Crippen molar-refractivity contribution in [2.24, 2.45) is 0 Å². The van der Waals surface area contributed by atoms with Crippen LogP contribution in [0.4, 0.5) is 11.4 Å². The highest BCUT2D eigenvalue weighted by molar-refractivity contribution is 6.47. The maximum absolute atomic E-state index is 13.7. The second-order valence-corrected chi connectivity index (χ2v) is 7.77. The predicted molar refractivity (Wildman–Crippen MR) is 130 cm³/mol. The van der Waals surface area contributed by atoms with Gasteiger partial charge in [-0.15, -0.1) is 0 Å². The van der Waals surface area contributed by atoms with Crippen molar-refractivity contribution in [3.8, 4) is 11.5 Å². The molecule has 1 aliphatic rings. The highest BCUT2D eigenvalue weighted by Gasteiger charge is 2.42. The van der Waals surface area contributed by atoms with Crippen molar-refractivity contribution in [3.63, 3.8) is 0 Å². The molecule has 0 bridgehead atoms. The number of hydrogen-bond acceptors (Lipinski definition) is 5. The van der Waals surface area contributed by atoms with Crippen molar-refractivity contribution in [1.29, 1.82) is 0 Å². The van der Waals surface area contributed by atoms with E-state index in [9.17, 15) is 9.59 Å². The third-order valence-corrected chi connectivity index (χ3v) is 5.76. The van der Waals surface area contributed by atoms with Crippen molar-refractivity contribution in [2.45, 2.75) is 13.8 Å². The molecule has 33 heavy (non-hydrogen) atoms. The average Bonchev–Trinajstić information content (AvgIpc) is 3.05. The largest absolute Gasteiger partial charge is 0.496 e. The van der Waals surface area contributed by atoms with Gasteiger partial charge in [-0.3, -0.25) is 9.59 Å². The van der Waals surface area contributed by atoms with Crippen LogP contribution in [-0.4, -0.2) is 25.5 Å². The van der Waals surface area contributed by atoms with Gasteiger partial charge in [-0.2, -0.15) is 0 Å². The van der Waals surface area contributed by atoms with Crippen LogP contribution < -0.4 is 19.7 Å². The molecule has 3 aromatic rings. The van der Waals surface area contributed by atoms with E-state index in [1.807, 2.05) is 25.1 Å². The van der Waals surface area contributed by atoms with Crippen molar-refractivity contribution in [2.75, 3.05) is 23.9 Å². The number of imide groups is 1. The zero-order chi connectivity index (χ0) is 23.5. The summed E-state index contributed by atoms with van der Waals surface area (Å²) in [5.74, 6) is 0.202. The Morgan fingerprint density at radius 2 is 1.73 bits per heavy atom. The van der Waals surface area contributed by atoms with Crippen LogP contribution in [0.5, 0.6) is 11.5 Å². The topological polar surface area (TPSA) is 67.9 Å². The monoisotopic (exact) mass is 462 g/mol. The summed E-state index contributed by atoms with van der Waals surface area (Å²) in [5.41, 5.74) is 2.58. The molecule has 0 radical (unpaired) electrons. The maximum atomic E-state index is 13.7. The Morgan fingerprint density at radius 3 is 2.48 bits per heavy atom. The van der Waals surface area contributed by atoms with E-state index in [1.165, 1.54) is 7.11 Å². The molecule has 0 spiro atoms. The molecule has 1 heterocycles. The molecule has 0 aliphatic carbocycles. The lowest BCUT2D eigenvalue weighted by Crippen LogP contribution is -2.33. The Labute approximate surface area is 197 Å². The van der Waals surface area contributed by atoms with Crippen LogP contribution in [0.3, 0.4) is 0 Å². The van der Waals surface area contributed by atoms with E-state index < -0.39 is 11.8 Å².